The molecule has 0 saturated carbocycles. The fourth-order valence-corrected chi connectivity index (χ4v) is 3.45. The van der Waals surface area contributed by atoms with E-state index in [1.54, 1.807) is 30.3 Å². The summed E-state index contributed by atoms with van der Waals surface area (Å²) in [6.45, 7) is -0.0102. The van der Waals surface area contributed by atoms with Gasteiger partial charge in [0.05, 0.1) is 17.7 Å². The van der Waals surface area contributed by atoms with Crippen LogP contribution in [0.4, 0.5) is 10.2 Å². The molecule has 0 atom stereocenters. The van der Waals surface area contributed by atoms with E-state index in [1.165, 1.54) is 24.6 Å². The van der Waals surface area contributed by atoms with E-state index in [9.17, 15) is 12.8 Å². The molecule has 0 aliphatic heterocycles. The quantitative estimate of drug-likeness (QED) is 0.720. The predicted octanol–water partition coefficient (Wildman–Crippen LogP) is 3.21. The third-order valence-corrected chi connectivity index (χ3v) is 4.95. The average Bonchev–Trinajstić information content (AvgIpc) is 3.07. The maximum Gasteiger partial charge on any atom is 0.265 e. The predicted molar refractivity (Wildman–Crippen MR) is 82.7 cm³/mol. The zero-order valence-corrected chi connectivity index (χ0v) is 12.8. The summed E-state index contributed by atoms with van der Waals surface area (Å²) in [5.74, 6) is 0.230. The van der Waals surface area contributed by atoms with Crippen molar-refractivity contribution < 1.29 is 17.2 Å². The lowest BCUT2D eigenvalue weighted by Crippen LogP contribution is -2.31. The fourth-order valence-electron chi connectivity index (χ4n) is 2.07. The Kier molecular flexibility index (Phi) is 4.12. The minimum Gasteiger partial charge on any atom is -0.467 e. The minimum absolute atomic E-state index is 0.0102. The van der Waals surface area contributed by atoms with Crippen molar-refractivity contribution in [3.63, 3.8) is 0 Å². The summed E-state index contributed by atoms with van der Waals surface area (Å²) in [6.07, 6.45) is 2.97. The van der Waals surface area contributed by atoms with Gasteiger partial charge in [-0.1, -0.05) is 6.07 Å². The standard InChI is InChI=1S/C16H13FN2O3S/c17-13-6-8-15(9-7-13)23(20,21)19(12-14-4-3-11-22-14)16-5-1-2-10-18-16/h1-11H,12H2. The molecule has 0 saturated heterocycles. The Morgan fingerprint density at radius 2 is 1.83 bits per heavy atom. The highest BCUT2D eigenvalue weighted by Gasteiger charge is 2.26. The average molecular weight is 332 g/mol. The third kappa shape index (κ3) is 3.24. The molecule has 2 aromatic heterocycles. The molecule has 0 spiro atoms. The molecule has 0 fully saturated rings. The van der Waals surface area contributed by atoms with Crippen molar-refractivity contribution in [1.29, 1.82) is 0 Å². The molecule has 0 bridgehead atoms. The van der Waals surface area contributed by atoms with Gasteiger partial charge < -0.3 is 4.42 Å². The summed E-state index contributed by atoms with van der Waals surface area (Å²) >= 11 is 0. The van der Waals surface area contributed by atoms with Crippen molar-refractivity contribution in [2.24, 2.45) is 0 Å². The first-order valence-electron chi connectivity index (χ1n) is 6.79. The second-order valence-electron chi connectivity index (χ2n) is 4.73. The van der Waals surface area contributed by atoms with E-state index in [2.05, 4.69) is 4.98 Å². The number of furan rings is 1. The van der Waals surface area contributed by atoms with E-state index >= 15 is 0 Å². The number of pyridine rings is 1. The van der Waals surface area contributed by atoms with Gasteiger partial charge in [0.15, 0.2) is 0 Å². The highest BCUT2D eigenvalue weighted by atomic mass is 32.2. The van der Waals surface area contributed by atoms with Crippen molar-refractivity contribution in [2.75, 3.05) is 4.31 Å². The first kappa shape index (κ1) is 15.2. The molecule has 0 aliphatic rings. The number of hydrogen-bond acceptors (Lipinski definition) is 4. The van der Waals surface area contributed by atoms with Crippen LogP contribution in [-0.2, 0) is 16.6 Å². The van der Waals surface area contributed by atoms with Gasteiger partial charge in [0.25, 0.3) is 10.0 Å². The zero-order valence-electron chi connectivity index (χ0n) is 12.0. The smallest absolute Gasteiger partial charge is 0.265 e. The SMILES string of the molecule is O=S(=O)(c1ccc(F)cc1)N(Cc1ccco1)c1ccccn1. The van der Waals surface area contributed by atoms with Gasteiger partial charge in [0, 0.05) is 6.20 Å². The van der Waals surface area contributed by atoms with E-state index in [-0.39, 0.29) is 17.3 Å². The molecule has 5 nitrogen and oxygen atoms in total. The first-order chi connectivity index (χ1) is 11.1. The summed E-state index contributed by atoms with van der Waals surface area (Å²) < 4.78 is 45.2. The van der Waals surface area contributed by atoms with Gasteiger partial charge in [-0.2, -0.15) is 0 Å². The van der Waals surface area contributed by atoms with E-state index in [0.717, 1.165) is 16.4 Å². The second kappa shape index (κ2) is 6.21. The van der Waals surface area contributed by atoms with Crippen LogP contribution in [0.3, 0.4) is 0 Å². The topological polar surface area (TPSA) is 63.4 Å². The van der Waals surface area contributed by atoms with Crippen LogP contribution in [0.15, 0.2) is 76.4 Å². The monoisotopic (exact) mass is 332 g/mol. The van der Waals surface area contributed by atoms with Crippen LogP contribution in [0.25, 0.3) is 0 Å². The van der Waals surface area contributed by atoms with E-state index < -0.39 is 15.8 Å². The molecule has 1 aromatic carbocycles. The highest BCUT2D eigenvalue weighted by molar-refractivity contribution is 7.92. The number of aromatic nitrogens is 1. The van der Waals surface area contributed by atoms with Crippen molar-refractivity contribution in [3.05, 3.63) is 78.6 Å². The van der Waals surface area contributed by atoms with E-state index in [0.29, 0.717) is 5.76 Å². The molecule has 3 aromatic rings. The van der Waals surface area contributed by atoms with Gasteiger partial charge in [0.1, 0.15) is 17.4 Å². The molecule has 2 heterocycles. The number of benzene rings is 1. The number of hydrogen-bond donors (Lipinski definition) is 0. The van der Waals surface area contributed by atoms with Crippen LogP contribution in [-0.4, -0.2) is 13.4 Å². The maximum absolute atomic E-state index is 13.1. The number of halogens is 1. The molecule has 0 amide bonds. The largest absolute Gasteiger partial charge is 0.467 e. The molecule has 23 heavy (non-hydrogen) atoms. The highest BCUT2D eigenvalue weighted by Crippen LogP contribution is 2.24. The summed E-state index contributed by atoms with van der Waals surface area (Å²) in [5, 5.41) is 0. The molecule has 3 rings (SSSR count). The van der Waals surface area contributed by atoms with Crippen LogP contribution in [0.2, 0.25) is 0 Å². The van der Waals surface area contributed by atoms with E-state index in [4.69, 9.17) is 4.42 Å². The Morgan fingerprint density at radius 1 is 1.04 bits per heavy atom. The summed E-state index contributed by atoms with van der Waals surface area (Å²) in [7, 11) is -3.90. The lowest BCUT2D eigenvalue weighted by atomic mass is 10.4. The molecule has 0 N–H and O–H groups in total. The van der Waals surface area contributed by atoms with Crippen LogP contribution in [0, 0.1) is 5.82 Å². The van der Waals surface area contributed by atoms with Gasteiger partial charge in [-0.15, -0.1) is 0 Å². The molecule has 0 aliphatic carbocycles. The lowest BCUT2D eigenvalue weighted by molar-refractivity contribution is 0.508. The molecular formula is C16H13FN2O3S. The van der Waals surface area contributed by atoms with Gasteiger partial charge in [-0.25, -0.2) is 22.1 Å². The van der Waals surface area contributed by atoms with Gasteiger partial charge in [0.2, 0.25) is 0 Å². The summed E-state index contributed by atoms with van der Waals surface area (Å²) in [6, 6.07) is 13.0. The minimum atomic E-state index is -3.90. The molecule has 0 radical (unpaired) electrons. The Labute approximate surface area is 133 Å². The number of rotatable bonds is 5. The van der Waals surface area contributed by atoms with Crippen LogP contribution in [0.5, 0.6) is 0 Å². The Hall–Kier alpha value is -2.67. The maximum atomic E-state index is 13.1. The Bertz CT molecular complexity index is 863. The van der Waals surface area contributed by atoms with Gasteiger partial charge >= 0.3 is 0 Å². The van der Waals surface area contributed by atoms with Crippen LogP contribution >= 0.6 is 0 Å². The molecule has 7 heteroatoms. The fraction of sp³-hybridized carbons (Fsp3) is 0.0625. The summed E-state index contributed by atoms with van der Waals surface area (Å²) in [5.41, 5.74) is 0. The third-order valence-electron chi connectivity index (χ3n) is 3.19. The summed E-state index contributed by atoms with van der Waals surface area (Å²) in [4.78, 5) is 4.08. The normalized spacial score (nSPS) is 11.3. The number of sulfonamides is 1. The number of nitrogens with zero attached hydrogens (tertiary/aromatic N) is 2. The lowest BCUT2D eigenvalue weighted by Gasteiger charge is -2.22. The zero-order chi connectivity index (χ0) is 16.3. The number of anilines is 1. The molecule has 0 unspecified atom stereocenters. The van der Waals surface area contributed by atoms with Crippen molar-refractivity contribution in [2.45, 2.75) is 11.4 Å². The Balaban J connectivity index is 2.05. The van der Waals surface area contributed by atoms with E-state index in [1.807, 2.05) is 0 Å². The Morgan fingerprint density at radius 3 is 2.43 bits per heavy atom. The van der Waals surface area contributed by atoms with Crippen molar-refractivity contribution in [3.8, 4) is 0 Å². The van der Waals surface area contributed by atoms with Crippen molar-refractivity contribution in [1.82, 2.24) is 4.98 Å². The molecular weight excluding hydrogens is 319 g/mol. The van der Waals surface area contributed by atoms with Gasteiger partial charge in [-0.05, 0) is 48.5 Å². The van der Waals surface area contributed by atoms with Gasteiger partial charge in [-0.3, -0.25) is 0 Å². The first-order valence-corrected chi connectivity index (χ1v) is 8.23. The molecule has 118 valence electrons. The second-order valence-corrected chi connectivity index (χ2v) is 6.60. The van der Waals surface area contributed by atoms with Crippen LogP contribution in [0.1, 0.15) is 5.76 Å². The van der Waals surface area contributed by atoms with Crippen LogP contribution < -0.4 is 4.31 Å². The van der Waals surface area contributed by atoms with Crippen molar-refractivity contribution >= 4 is 15.8 Å².